The van der Waals surface area contributed by atoms with E-state index < -0.39 is 5.97 Å². The van der Waals surface area contributed by atoms with Crippen molar-refractivity contribution in [1.82, 2.24) is 0 Å². The number of rotatable bonds is 4. The quantitative estimate of drug-likeness (QED) is 0.845. The van der Waals surface area contributed by atoms with Crippen molar-refractivity contribution in [3.63, 3.8) is 0 Å². The Labute approximate surface area is 118 Å². The fraction of sp³-hybridized carbons (Fsp3) is 0.118. The molecule has 0 spiro atoms. The Morgan fingerprint density at radius 1 is 1.15 bits per heavy atom. The summed E-state index contributed by atoms with van der Waals surface area (Å²) in [5.74, 6) is 0.519. The zero-order chi connectivity index (χ0) is 14.5. The Balaban J connectivity index is 2.21. The van der Waals surface area contributed by atoms with E-state index in [-0.39, 0.29) is 0 Å². The monoisotopic (exact) mass is 268 g/mol. The second-order valence-electron chi connectivity index (χ2n) is 4.62. The van der Waals surface area contributed by atoms with E-state index in [9.17, 15) is 4.79 Å². The van der Waals surface area contributed by atoms with E-state index in [4.69, 9.17) is 9.84 Å². The molecule has 2 rings (SSSR count). The van der Waals surface area contributed by atoms with Gasteiger partial charge in [0.15, 0.2) is 0 Å². The molecule has 0 fully saturated rings. The van der Waals surface area contributed by atoms with Gasteiger partial charge in [-0.3, -0.25) is 0 Å². The summed E-state index contributed by atoms with van der Waals surface area (Å²) in [5.41, 5.74) is 3.04. The minimum absolute atomic E-state index is 0.685. The van der Waals surface area contributed by atoms with Crippen LogP contribution < -0.4 is 4.74 Å². The molecule has 0 unspecified atom stereocenters. The van der Waals surface area contributed by atoms with Crippen LogP contribution in [0.5, 0.6) is 11.5 Å². The molecule has 0 radical (unpaired) electrons. The molecule has 0 amide bonds. The van der Waals surface area contributed by atoms with E-state index in [1.54, 1.807) is 6.07 Å². The van der Waals surface area contributed by atoms with Crippen LogP contribution in [0.4, 0.5) is 0 Å². The summed E-state index contributed by atoms with van der Waals surface area (Å²) in [6, 6.07) is 13.3. The van der Waals surface area contributed by atoms with Crippen molar-refractivity contribution in [3.8, 4) is 11.5 Å². The van der Waals surface area contributed by atoms with Gasteiger partial charge in [-0.05, 0) is 49.2 Å². The molecule has 0 aliphatic heterocycles. The number of aryl methyl sites for hydroxylation is 2. The van der Waals surface area contributed by atoms with Crippen LogP contribution in [0.2, 0.25) is 0 Å². The van der Waals surface area contributed by atoms with Crippen LogP contribution in [0.15, 0.2) is 48.5 Å². The van der Waals surface area contributed by atoms with E-state index in [2.05, 4.69) is 6.07 Å². The highest BCUT2D eigenvalue weighted by molar-refractivity contribution is 5.85. The van der Waals surface area contributed by atoms with E-state index in [1.165, 1.54) is 11.6 Å². The van der Waals surface area contributed by atoms with E-state index >= 15 is 0 Å². The van der Waals surface area contributed by atoms with E-state index in [0.717, 1.165) is 23.0 Å². The summed E-state index contributed by atoms with van der Waals surface area (Å²) < 4.78 is 5.83. The summed E-state index contributed by atoms with van der Waals surface area (Å²) in [4.78, 5) is 10.5. The van der Waals surface area contributed by atoms with Gasteiger partial charge in [0.2, 0.25) is 0 Å². The van der Waals surface area contributed by atoms with Gasteiger partial charge in [-0.2, -0.15) is 0 Å². The number of benzene rings is 2. The third-order valence-electron chi connectivity index (χ3n) is 2.83. The van der Waals surface area contributed by atoms with Gasteiger partial charge in [-0.25, -0.2) is 4.79 Å². The maximum atomic E-state index is 10.5. The lowest BCUT2D eigenvalue weighted by molar-refractivity contribution is -0.131. The number of carboxylic acid groups (broad SMARTS) is 1. The van der Waals surface area contributed by atoms with Crippen LogP contribution in [0.25, 0.3) is 6.08 Å². The second kappa shape index (κ2) is 6.06. The minimum atomic E-state index is -0.967. The van der Waals surface area contributed by atoms with Crippen molar-refractivity contribution in [3.05, 3.63) is 65.2 Å². The third-order valence-corrected chi connectivity index (χ3v) is 2.83. The molecular weight excluding hydrogens is 252 g/mol. The Morgan fingerprint density at radius 3 is 2.65 bits per heavy atom. The first-order valence-electron chi connectivity index (χ1n) is 6.31. The first-order chi connectivity index (χ1) is 9.54. The van der Waals surface area contributed by atoms with Crippen LogP contribution in [0.3, 0.4) is 0 Å². The molecule has 2 aromatic carbocycles. The van der Waals surface area contributed by atoms with Crippen molar-refractivity contribution >= 4 is 12.0 Å². The van der Waals surface area contributed by atoms with Gasteiger partial charge in [-0.1, -0.05) is 29.8 Å². The van der Waals surface area contributed by atoms with Crippen molar-refractivity contribution in [1.29, 1.82) is 0 Å². The minimum Gasteiger partial charge on any atom is -0.478 e. The number of ether oxygens (including phenoxy) is 1. The Morgan fingerprint density at radius 2 is 1.95 bits per heavy atom. The number of carboxylic acids is 1. The number of aliphatic carboxylic acids is 1. The summed E-state index contributed by atoms with van der Waals surface area (Å²) in [5, 5.41) is 8.62. The molecule has 3 heteroatoms. The van der Waals surface area contributed by atoms with Gasteiger partial charge in [0.1, 0.15) is 11.5 Å². The molecule has 0 aliphatic rings. The molecule has 0 saturated heterocycles. The predicted molar refractivity (Wildman–Crippen MR) is 79.1 cm³/mol. The smallest absolute Gasteiger partial charge is 0.328 e. The standard InChI is InChI=1S/C17H16O3/c1-12-6-8-16(13(2)10-12)20-15-5-3-4-14(11-15)7-9-17(18)19/h3-11H,1-2H3,(H,18,19). The van der Waals surface area contributed by atoms with Gasteiger partial charge in [0.05, 0.1) is 0 Å². The molecule has 102 valence electrons. The van der Waals surface area contributed by atoms with Gasteiger partial charge >= 0.3 is 5.97 Å². The highest BCUT2D eigenvalue weighted by atomic mass is 16.5. The van der Waals surface area contributed by atoms with E-state index in [1.807, 2.05) is 44.2 Å². The van der Waals surface area contributed by atoms with Gasteiger partial charge in [0, 0.05) is 6.08 Å². The summed E-state index contributed by atoms with van der Waals surface area (Å²) in [7, 11) is 0. The summed E-state index contributed by atoms with van der Waals surface area (Å²) in [6.45, 7) is 4.03. The van der Waals surface area contributed by atoms with Gasteiger partial charge in [0.25, 0.3) is 0 Å². The molecule has 0 heterocycles. The molecule has 0 aromatic heterocycles. The van der Waals surface area contributed by atoms with E-state index in [0.29, 0.717) is 5.75 Å². The molecule has 20 heavy (non-hydrogen) atoms. The molecule has 0 bridgehead atoms. The first kappa shape index (κ1) is 13.9. The highest BCUT2D eigenvalue weighted by Gasteiger charge is 2.02. The Kier molecular flexibility index (Phi) is 4.20. The average Bonchev–Trinajstić information content (AvgIpc) is 2.40. The molecule has 3 nitrogen and oxygen atoms in total. The lowest BCUT2D eigenvalue weighted by atomic mass is 10.1. The predicted octanol–water partition coefficient (Wildman–Crippen LogP) is 4.19. The van der Waals surface area contributed by atoms with Crippen molar-refractivity contribution < 1.29 is 14.6 Å². The number of carbonyl (C=O) groups is 1. The lowest BCUT2D eigenvalue weighted by Gasteiger charge is -2.09. The zero-order valence-corrected chi connectivity index (χ0v) is 11.5. The maximum Gasteiger partial charge on any atom is 0.328 e. The number of hydrogen-bond acceptors (Lipinski definition) is 2. The maximum absolute atomic E-state index is 10.5. The largest absolute Gasteiger partial charge is 0.478 e. The fourth-order valence-corrected chi connectivity index (χ4v) is 1.89. The van der Waals surface area contributed by atoms with Crippen LogP contribution in [0, 0.1) is 13.8 Å². The average molecular weight is 268 g/mol. The number of hydrogen-bond donors (Lipinski definition) is 1. The zero-order valence-electron chi connectivity index (χ0n) is 11.5. The third kappa shape index (κ3) is 3.72. The molecular formula is C17H16O3. The SMILES string of the molecule is Cc1ccc(Oc2cccc(C=CC(=O)O)c2)c(C)c1. The fourth-order valence-electron chi connectivity index (χ4n) is 1.89. The van der Waals surface area contributed by atoms with Gasteiger partial charge in [-0.15, -0.1) is 0 Å². The Hall–Kier alpha value is -2.55. The first-order valence-corrected chi connectivity index (χ1v) is 6.31. The Bertz CT molecular complexity index is 657. The van der Waals surface area contributed by atoms with Gasteiger partial charge < -0.3 is 9.84 Å². The molecule has 0 atom stereocenters. The van der Waals surface area contributed by atoms with Crippen molar-refractivity contribution in [2.75, 3.05) is 0 Å². The second-order valence-corrected chi connectivity index (χ2v) is 4.62. The van der Waals surface area contributed by atoms with Crippen molar-refractivity contribution in [2.24, 2.45) is 0 Å². The normalized spacial score (nSPS) is 10.7. The molecule has 0 saturated carbocycles. The molecule has 2 aromatic rings. The summed E-state index contributed by atoms with van der Waals surface area (Å²) >= 11 is 0. The topological polar surface area (TPSA) is 46.5 Å². The van der Waals surface area contributed by atoms with Crippen LogP contribution in [0.1, 0.15) is 16.7 Å². The van der Waals surface area contributed by atoms with Crippen LogP contribution in [-0.4, -0.2) is 11.1 Å². The van der Waals surface area contributed by atoms with Crippen LogP contribution in [-0.2, 0) is 4.79 Å². The lowest BCUT2D eigenvalue weighted by Crippen LogP contribution is -1.89. The summed E-state index contributed by atoms with van der Waals surface area (Å²) in [6.07, 6.45) is 2.65. The molecule has 1 N–H and O–H groups in total. The van der Waals surface area contributed by atoms with Crippen LogP contribution >= 0.6 is 0 Å². The molecule has 0 aliphatic carbocycles. The van der Waals surface area contributed by atoms with Crippen molar-refractivity contribution in [2.45, 2.75) is 13.8 Å². The highest BCUT2D eigenvalue weighted by Crippen LogP contribution is 2.26.